The predicted octanol–water partition coefficient (Wildman–Crippen LogP) is 20.1. The molecular weight excluding hydrogens is 1060 g/mol. The molecule has 0 spiro atoms. The minimum atomic E-state index is -0.161. The van der Waals surface area contributed by atoms with E-state index in [1.807, 2.05) is 0 Å². The Bertz CT molecular complexity index is 3190. The first-order valence-corrected chi connectivity index (χ1v) is 32.7. The summed E-state index contributed by atoms with van der Waals surface area (Å²) in [7, 11) is 0. The molecule has 0 radical (unpaired) electrons. The number of hydrogen-bond acceptors (Lipinski definition) is 7. The van der Waals surface area contributed by atoms with Crippen LogP contribution in [0.1, 0.15) is 169 Å². The van der Waals surface area contributed by atoms with Crippen LogP contribution in [0.4, 0.5) is 0 Å². The van der Waals surface area contributed by atoms with Gasteiger partial charge in [0, 0.05) is 23.3 Å². The summed E-state index contributed by atoms with van der Waals surface area (Å²) in [6.07, 6.45) is 18.5. The van der Waals surface area contributed by atoms with Crippen molar-refractivity contribution in [2.45, 2.75) is 139 Å². The minimum Gasteiger partial charge on any atom is -0.494 e. The molecular formula is C78H82O6S. The van der Waals surface area contributed by atoms with Gasteiger partial charge in [0.05, 0.1) is 26.4 Å². The molecule has 2 aliphatic heterocycles. The highest BCUT2D eigenvalue weighted by Gasteiger charge is 2.26. The maximum absolute atomic E-state index is 6.51. The maximum Gasteiger partial charge on any atom is 0.199 e. The number of aryl methyl sites for hydroxylation is 2. The Hall–Kier alpha value is -7.29. The first-order valence-electron chi connectivity index (χ1n) is 31.8. The number of benzene rings is 8. The van der Waals surface area contributed by atoms with E-state index in [0.29, 0.717) is 23.7 Å². The van der Waals surface area contributed by atoms with E-state index in [-0.39, 0.29) is 12.6 Å². The summed E-state index contributed by atoms with van der Waals surface area (Å²) in [6.45, 7) is 2.90. The van der Waals surface area contributed by atoms with Crippen molar-refractivity contribution in [1.29, 1.82) is 0 Å². The van der Waals surface area contributed by atoms with Gasteiger partial charge in [-0.3, -0.25) is 0 Å². The van der Waals surface area contributed by atoms with Crippen molar-refractivity contribution in [3.8, 4) is 23.0 Å². The molecule has 0 aromatic heterocycles. The Morgan fingerprint density at radius 3 is 1.18 bits per heavy atom. The molecule has 6 nitrogen and oxygen atoms in total. The molecule has 0 bridgehead atoms. The summed E-state index contributed by atoms with van der Waals surface area (Å²) in [6, 6.07) is 75.2. The number of rotatable bonds is 24. The second-order valence-electron chi connectivity index (χ2n) is 23.3. The van der Waals surface area contributed by atoms with Crippen molar-refractivity contribution >= 4 is 34.1 Å². The Labute approximate surface area is 509 Å². The van der Waals surface area contributed by atoms with Gasteiger partial charge in [0.1, 0.15) is 23.0 Å². The standard InChI is InChI=1S/C78H82O6S/c1-5-23-57(24-6-1)69-33-21-31-63-55-67(83-75-37-15-19-53-81-75)47-49-71(63)77(69)61-39-43-65(44-40-61)79-51-17-13-35-73(59-27-9-3-10-28-59)85-74(60-29-11-4-12-30-60)36-14-18-52-80-66-45-41-62(42-46-66)78-70(58-25-7-2-8-26-58)34-22-32-64-56-68(48-50-72(64)78)84-76-38-16-20-54-82-76/h1-12,23-30,39-50,55-56,73-76H,13-22,31-38,51-54H2. The zero-order valence-corrected chi connectivity index (χ0v) is 50.2. The highest BCUT2D eigenvalue weighted by Crippen LogP contribution is 2.47. The van der Waals surface area contributed by atoms with Crippen molar-refractivity contribution in [1.82, 2.24) is 0 Å². The van der Waals surface area contributed by atoms with Crippen molar-refractivity contribution in [3.63, 3.8) is 0 Å². The van der Waals surface area contributed by atoms with Crippen LogP contribution >= 0.6 is 11.8 Å². The molecule has 12 rings (SSSR count). The van der Waals surface area contributed by atoms with E-state index < -0.39 is 0 Å². The Balaban J connectivity index is 0.664. The van der Waals surface area contributed by atoms with E-state index in [2.05, 4.69) is 218 Å². The van der Waals surface area contributed by atoms with Gasteiger partial charge >= 0.3 is 0 Å². The summed E-state index contributed by atoms with van der Waals surface area (Å²) >= 11 is 2.13. The lowest BCUT2D eigenvalue weighted by Crippen LogP contribution is -2.25. The van der Waals surface area contributed by atoms with Gasteiger partial charge in [0.15, 0.2) is 12.6 Å². The highest BCUT2D eigenvalue weighted by atomic mass is 32.2. The van der Waals surface area contributed by atoms with Crippen LogP contribution in [0.15, 0.2) is 206 Å². The lowest BCUT2D eigenvalue weighted by molar-refractivity contribution is -0.106. The zero-order chi connectivity index (χ0) is 57.2. The average molecular weight is 1150 g/mol. The van der Waals surface area contributed by atoms with Crippen LogP contribution < -0.4 is 18.9 Å². The van der Waals surface area contributed by atoms with Crippen molar-refractivity contribution in [2.24, 2.45) is 0 Å². The van der Waals surface area contributed by atoms with E-state index in [1.165, 1.54) is 77.9 Å². The quantitative estimate of drug-likeness (QED) is 0.0559. The molecule has 7 heteroatoms. The third-order valence-corrected chi connectivity index (χ3v) is 19.0. The Morgan fingerprint density at radius 1 is 0.376 bits per heavy atom. The average Bonchev–Trinajstić information content (AvgIpc) is 3.83. The SMILES string of the molecule is c1ccc(C2=C(c3ccc(OCCCCC(SC(CCCCOc4ccc(C5=C(c6ccccc6)CCCc6cc(OC7CCCCO7)ccc65)cc4)c4ccccc4)c4ccccc4)cc3)c3ccc(OC4CCCCO4)cc3CCC2)cc1. The van der Waals surface area contributed by atoms with E-state index in [0.717, 1.165) is 152 Å². The van der Waals surface area contributed by atoms with Crippen molar-refractivity contribution < 1.29 is 28.4 Å². The molecule has 2 saturated heterocycles. The first-order chi connectivity index (χ1) is 42.1. The van der Waals surface area contributed by atoms with Gasteiger partial charge in [-0.2, -0.15) is 0 Å². The van der Waals surface area contributed by atoms with Crippen LogP contribution in [0, 0.1) is 0 Å². The maximum atomic E-state index is 6.51. The van der Waals surface area contributed by atoms with Crippen LogP contribution in [-0.4, -0.2) is 39.0 Å². The summed E-state index contributed by atoms with van der Waals surface area (Å²) in [5.41, 5.74) is 18.4. The third-order valence-electron chi connectivity index (χ3n) is 17.3. The normalized spacial score (nSPS) is 17.8. The van der Waals surface area contributed by atoms with Crippen LogP contribution in [0.3, 0.4) is 0 Å². The second kappa shape index (κ2) is 29.7. The topological polar surface area (TPSA) is 55.4 Å². The van der Waals surface area contributed by atoms with Crippen molar-refractivity contribution in [2.75, 3.05) is 26.4 Å². The van der Waals surface area contributed by atoms with Crippen molar-refractivity contribution in [3.05, 3.63) is 262 Å². The minimum absolute atomic E-state index is 0.161. The summed E-state index contributed by atoms with van der Waals surface area (Å²) < 4.78 is 37.6. The molecule has 8 aromatic rings. The van der Waals surface area contributed by atoms with E-state index in [1.54, 1.807) is 0 Å². The second-order valence-corrected chi connectivity index (χ2v) is 24.7. The van der Waals surface area contributed by atoms with E-state index in [9.17, 15) is 0 Å². The molecule has 436 valence electrons. The molecule has 0 N–H and O–H groups in total. The monoisotopic (exact) mass is 1150 g/mol. The molecule has 8 aromatic carbocycles. The molecule has 2 heterocycles. The number of fused-ring (bicyclic) bond motifs is 2. The van der Waals surface area contributed by atoms with Gasteiger partial charge in [-0.1, -0.05) is 158 Å². The zero-order valence-electron chi connectivity index (χ0n) is 49.4. The summed E-state index contributed by atoms with van der Waals surface area (Å²) in [5.74, 6) is 3.63. The highest BCUT2D eigenvalue weighted by molar-refractivity contribution is 7.99. The van der Waals surface area contributed by atoms with Crippen LogP contribution in [0.2, 0.25) is 0 Å². The largest absolute Gasteiger partial charge is 0.494 e. The molecule has 4 aliphatic rings. The molecule has 2 fully saturated rings. The molecule has 4 unspecified atom stereocenters. The Morgan fingerprint density at radius 2 is 0.776 bits per heavy atom. The molecule has 2 aliphatic carbocycles. The van der Waals surface area contributed by atoms with Gasteiger partial charge in [0.25, 0.3) is 0 Å². The number of ether oxygens (including phenoxy) is 6. The van der Waals surface area contributed by atoms with Crippen LogP contribution in [-0.2, 0) is 22.3 Å². The lowest BCUT2D eigenvalue weighted by Gasteiger charge is -2.25. The van der Waals surface area contributed by atoms with E-state index >= 15 is 0 Å². The fourth-order valence-electron chi connectivity index (χ4n) is 12.9. The van der Waals surface area contributed by atoms with Gasteiger partial charge in [-0.15, -0.1) is 11.8 Å². The number of thioether (sulfide) groups is 1. The fraction of sp³-hybridized carbons (Fsp3) is 0.333. The van der Waals surface area contributed by atoms with Gasteiger partial charge in [-0.25, -0.2) is 0 Å². The summed E-state index contributed by atoms with van der Waals surface area (Å²) in [5, 5.41) is 0.727. The molecule has 0 amide bonds. The molecule has 85 heavy (non-hydrogen) atoms. The van der Waals surface area contributed by atoms with Gasteiger partial charge in [-0.05, 0) is 229 Å². The van der Waals surface area contributed by atoms with E-state index in [4.69, 9.17) is 28.4 Å². The molecule has 4 atom stereocenters. The third kappa shape index (κ3) is 15.4. The Kier molecular flexibility index (Phi) is 20.3. The number of allylic oxidation sites excluding steroid dienone is 2. The van der Waals surface area contributed by atoms with Crippen LogP contribution in [0.25, 0.3) is 22.3 Å². The lowest BCUT2D eigenvalue weighted by atomic mass is 9.88. The number of hydrogen-bond donors (Lipinski definition) is 0. The van der Waals surface area contributed by atoms with Gasteiger partial charge < -0.3 is 28.4 Å². The fourth-order valence-corrected chi connectivity index (χ4v) is 14.6. The molecule has 0 saturated carbocycles. The van der Waals surface area contributed by atoms with Gasteiger partial charge in [0.2, 0.25) is 0 Å². The smallest absolute Gasteiger partial charge is 0.199 e. The number of unbranched alkanes of at least 4 members (excludes halogenated alkanes) is 2. The van der Waals surface area contributed by atoms with Crippen LogP contribution in [0.5, 0.6) is 23.0 Å². The first kappa shape index (κ1) is 58.1. The summed E-state index contributed by atoms with van der Waals surface area (Å²) in [4.78, 5) is 0. The predicted molar refractivity (Wildman–Crippen MR) is 349 cm³/mol.